The van der Waals surface area contributed by atoms with Crippen LogP contribution >= 0.6 is 0 Å². The average Bonchev–Trinajstić information content (AvgIpc) is 3.09. The molecule has 0 radical (unpaired) electrons. The van der Waals surface area contributed by atoms with Crippen molar-refractivity contribution in [2.24, 2.45) is 0 Å². The van der Waals surface area contributed by atoms with Gasteiger partial charge in [-0.3, -0.25) is 0 Å². The van der Waals surface area contributed by atoms with Crippen molar-refractivity contribution in [3.8, 4) is 0 Å². The molecular weight excluding hydrogens is 240 g/mol. The lowest BCUT2D eigenvalue weighted by Gasteiger charge is -2.01. The molecule has 0 saturated carbocycles. The summed E-state index contributed by atoms with van der Waals surface area (Å²) in [7, 11) is 0. The zero-order valence-corrected chi connectivity index (χ0v) is 11.1. The van der Waals surface area contributed by atoms with E-state index >= 15 is 0 Å². The summed E-state index contributed by atoms with van der Waals surface area (Å²) in [5.74, 6) is 0. The van der Waals surface area contributed by atoms with Gasteiger partial charge in [-0.2, -0.15) is 0 Å². The highest BCUT2D eigenvalue weighted by atomic mass is 14.1. The van der Waals surface area contributed by atoms with Gasteiger partial charge in [0.05, 0.1) is 0 Å². The Balaban J connectivity index is 1.73. The Morgan fingerprint density at radius 2 is 0.950 bits per heavy atom. The highest BCUT2D eigenvalue weighted by Gasteiger charge is 2.10. The minimum atomic E-state index is 1.28. The van der Waals surface area contributed by atoms with Gasteiger partial charge in [0.15, 0.2) is 0 Å². The maximum Gasteiger partial charge on any atom is -0.0111 e. The molecule has 2 aromatic rings. The van der Waals surface area contributed by atoms with Crippen molar-refractivity contribution in [3.05, 3.63) is 95.1 Å². The van der Waals surface area contributed by atoms with Gasteiger partial charge in [-0.25, -0.2) is 0 Å². The topological polar surface area (TPSA) is 0 Å². The third kappa shape index (κ3) is 1.78. The van der Waals surface area contributed by atoms with E-state index in [1.165, 1.54) is 33.4 Å². The zero-order valence-electron chi connectivity index (χ0n) is 11.1. The number of fused-ring (bicyclic) bond motifs is 2. The molecule has 0 saturated heterocycles. The maximum atomic E-state index is 2.21. The van der Waals surface area contributed by atoms with Crippen molar-refractivity contribution in [3.63, 3.8) is 0 Å². The van der Waals surface area contributed by atoms with Crippen LogP contribution < -0.4 is 0 Å². The summed E-state index contributed by atoms with van der Waals surface area (Å²) in [6.45, 7) is 0. The summed E-state index contributed by atoms with van der Waals surface area (Å²) in [5.41, 5.74) is 7.81. The molecule has 0 N–H and O–H groups in total. The monoisotopic (exact) mass is 254 g/mol. The minimum Gasteiger partial charge on any atom is -0.0616 e. The Morgan fingerprint density at radius 1 is 0.500 bits per heavy atom. The lowest BCUT2D eigenvalue weighted by Crippen LogP contribution is -1.80. The third-order valence-corrected chi connectivity index (χ3v) is 3.87. The van der Waals surface area contributed by atoms with Crippen LogP contribution in [0.2, 0.25) is 0 Å². The molecule has 0 heteroatoms. The molecule has 0 spiro atoms. The quantitative estimate of drug-likeness (QED) is 0.655. The number of hydrogen-bond donors (Lipinski definition) is 0. The fraction of sp³-hybridized carbons (Fsp3) is 0. The van der Waals surface area contributed by atoms with Crippen LogP contribution in [0.25, 0.3) is 23.3 Å². The van der Waals surface area contributed by atoms with E-state index in [0.717, 1.165) is 0 Å². The predicted octanol–water partition coefficient (Wildman–Crippen LogP) is 5.21. The van der Waals surface area contributed by atoms with Gasteiger partial charge in [-0.05, 0) is 33.4 Å². The van der Waals surface area contributed by atoms with Crippen LogP contribution in [0.3, 0.4) is 0 Å². The molecule has 94 valence electrons. The number of allylic oxidation sites excluding steroid dienone is 6. The Kier molecular flexibility index (Phi) is 2.53. The fourth-order valence-electron chi connectivity index (χ4n) is 2.82. The van der Waals surface area contributed by atoms with Gasteiger partial charge in [-0.15, -0.1) is 0 Å². The molecule has 0 aliphatic heterocycles. The van der Waals surface area contributed by atoms with Crippen molar-refractivity contribution in [2.75, 3.05) is 0 Å². The highest BCUT2D eigenvalue weighted by Crippen LogP contribution is 2.31. The van der Waals surface area contributed by atoms with Crippen molar-refractivity contribution in [2.45, 2.75) is 0 Å². The zero-order chi connectivity index (χ0) is 13.4. The molecule has 0 nitrogen and oxygen atoms in total. The van der Waals surface area contributed by atoms with E-state index in [1.807, 2.05) is 0 Å². The average molecular weight is 254 g/mol. The number of hydrogen-bond acceptors (Lipinski definition) is 0. The Labute approximate surface area is 119 Å². The van der Waals surface area contributed by atoms with E-state index in [1.54, 1.807) is 0 Å². The molecule has 0 atom stereocenters. The fourth-order valence-corrected chi connectivity index (χ4v) is 2.82. The third-order valence-electron chi connectivity index (χ3n) is 3.87. The summed E-state index contributed by atoms with van der Waals surface area (Å²) < 4.78 is 0. The molecule has 0 fully saturated rings. The lowest BCUT2D eigenvalue weighted by molar-refractivity contribution is 1.61. The molecule has 2 aromatic carbocycles. The Hall–Kier alpha value is -2.60. The number of rotatable bonds is 1. The predicted molar refractivity (Wildman–Crippen MR) is 86.9 cm³/mol. The van der Waals surface area contributed by atoms with Gasteiger partial charge in [0.25, 0.3) is 0 Å². The first-order valence-electron chi connectivity index (χ1n) is 6.89. The van der Waals surface area contributed by atoms with E-state index in [0.29, 0.717) is 0 Å². The number of benzene rings is 2. The SMILES string of the molecule is C1=Cc2ccccc2/C1=C/C=C1\C=Cc2ccccc21. The van der Waals surface area contributed by atoms with Crippen molar-refractivity contribution >= 4 is 23.3 Å². The normalized spacial score (nSPS) is 18.8. The van der Waals surface area contributed by atoms with Gasteiger partial charge >= 0.3 is 0 Å². The van der Waals surface area contributed by atoms with E-state index in [4.69, 9.17) is 0 Å². The smallest absolute Gasteiger partial charge is 0.0111 e. The first-order valence-corrected chi connectivity index (χ1v) is 6.89. The molecule has 0 bridgehead atoms. The van der Waals surface area contributed by atoms with Crippen molar-refractivity contribution in [1.82, 2.24) is 0 Å². The van der Waals surface area contributed by atoms with Crippen LogP contribution in [-0.2, 0) is 0 Å². The van der Waals surface area contributed by atoms with Gasteiger partial charge in [-0.1, -0.05) is 85.0 Å². The van der Waals surface area contributed by atoms with E-state index < -0.39 is 0 Å². The second-order valence-electron chi connectivity index (χ2n) is 5.09. The molecular formula is C20H14. The Bertz CT molecular complexity index is 729. The molecule has 0 unspecified atom stereocenters. The maximum absolute atomic E-state index is 2.21. The molecule has 0 heterocycles. The van der Waals surface area contributed by atoms with Crippen molar-refractivity contribution < 1.29 is 0 Å². The largest absolute Gasteiger partial charge is 0.0616 e. The second kappa shape index (κ2) is 4.50. The van der Waals surface area contributed by atoms with Gasteiger partial charge in [0, 0.05) is 0 Å². The van der Waals surface area contributed by atoms with Crippen LogP contribution in [0.15, 0.2) is 72.8 Å². The van der Waals surface area contributed by atoms with Crippen LogP contribution in [0.1, 0.15) is 22.3 Å². The highest BCUT2D eigenvalue weighted by molar-refractivity contribution is 5.94. The summed E-state index contributed by atoms with van der Waals surface area (Å²) in [4.78, 5) is 0. The molecule has 2 aliphatic carbocycles. The minimum absolute atomic E-state index is 1.28. The first-order chi connectivity index (χ1) is 9.92. The molecule has 4 rings (SSSR count). The van der Waals surface area contributed by atoms with Gasteiger partial charge in [0.2, 0.25) is 0 Å². The standard InChI is InChI=1S/C20H14/c1-3-7-19-15(5-1)9-11-17(19)13-14-18-12-10-16-6-2-4-8-20(16)18/h1-14H/b17-13+,18-14+. The van der Waals surface area contributed by atoms with Crippen LogP contribution in [0.4, 0.5) is 0 Å². The molecule has 20 heavy (non-hydrogen) atoms. The molecule has 0 aromatic heterocycles. The van der Waals surface area contributed by atoms with E-state index in [-0.39, 0.29) is 0 Å². The molecule has 2 aliphatic rings. The molecule has 0 amide bonds. The van der Waals surface area contributed by atoms with Gasteiger partial charge in [0.1, 0.15) is 0 Å². The summed E-state index contributed by atoms with van der Waals surface area (Å²) in [6, 6.07) is 17.0. The Morgan fingerprint density at radius 3 is 1.45 bits per heavy atom. The summed E-state index contributed by atoms with van der Waals surface area (Å²) in [5, 5.41) is 0. The summed E-state index contributed by atoms with van der Waals surface area (Å²) in [6.07, 6.45) is 13.2. The van der Waals surface area contributed by atoms with Crippen molar-refractivity contribution in [1.29, 1.82) is 0 Å². The second-order valence-corrected chi connectivity index (χ2v) is 5.09. The van der Waals surface area contributed by atoms with Crippen LogP contribution in [0.5, 0.6) is 0 Å². The van der Waals surface area contributed by atoms with Crippen LogP contribution in [-0.4, -0.2) is 0 Å². The van der Waals surface area contributed by atoms with E-state index in [2.05, 4.69) is 85.0 Å². The van der Waals surface area contributed by atoms with Gasteiger partial charge < -0.3 is 0 Å². The van der Waals surface area contributed by atoms with E-state index in [9.17, 15) is 0 Å². The van der Waals surface area contributed by atoms with Crippen LogP contribution in [0, 0.1) is 0 Å². The lowest BCUT2D eigenvalue weighted by atomic mass is 10.0. The summed E-state index contributed by atoms with van der Waals surface area (Å²) >= 11 is 0. The first kappa shape index (κ1) is 11.2.